The summed E-state index contributed by atoms with van der Waals surface area (Å²) in [6.45, 7) is 1.90. The van der Waals surface area contributed by atoms with Crippen LogP contribution >= 0.6 is 27.5 Å². The molecule has 0 radical (unpaired) electrons. The Morgan fingerprint density at radius 3 is 2.42 bits per heavy atom. The van der Waals surface area contributed by atoms with E-state index in [1.807, 2.05) is 13.0 Å². The predicted molar refractivity (Wildman–Crippen MR) is 78.2 cm³/mol. The van der Waals surface area contributed by atoms with Gasteiger partial charge in [-0.25, -0.2) is 4.39 Å². The number of halogens is 3. The molecule has 2 rings (SSSR count). The summed E-state index contributed by atoms with van der Waals surface area (Å²) in [6, 6.07) is 9.69. The quantitative estimate of drug-likeness (QED) is 0.845. The van der Waals surface area contributed by atoms with Crippen molar-refractivity contribution in [2.45, 2.75) is 13.0 Å². The van der Waals surface area contributed by atoms with E-state index in [1.54, 1.807) is 18.2 Å². The molecule has 2 aromatic carbocycles. The normalized spacial score (nSPS) is 12.3. The van der Waals surface area contributed by atoms with Crippen molar-refractivity contribution in [2.75, 3.05) is 0 Å². The van der Waals surface area contributed by atoms with Crippen molar-refractivity contribution in [3.05, 3.63) is 57.3 Å². The highest BCUT2D eigenvalue weighted by Crippen LogP contribution is 2.30. The Morgan fingerprint density at radius 1 is 1.21 bits per heavy atom. The van der Waals surface area contributed by atoms with Crippen molar-refractivity contribution < 1.29 is 9.13 Å². The average Bonchev–Trinajstić information content (AvgIpc) is 2.33. The van der Waals surface area contributed by atoms with Crippen LogP contribution in [0.3, 0.4) is 0 Å². The van der Waals surface area contributed by atoms with Crippen LogP contribution in [-0.2, 0) is 0 Å². The van der Waals surface area contributed by atoms with Crippen LogP contribution in [0.15, 0.2) is 40.9 Å². The van der Waals surface area contributed by atoms with Gasteiger partial charge >= 0.3 is 0 Å². The highest BCUT2D eigenvalue weighted by Gasteiger charge is 2.08. The van der Waals surface area contributed by atoms with E-state index in [-0.39, 0.29) is 11.1 Å². The van der Waals surface area contributed by atoms with Crippen LogP contribution in [0.2, 0.25) is 5.02 Å². The number of ether oxygens (including phenoxy) is 1. The Hall–Kier alpha value is -1.10. The first-order chi connectivity index (χ1) is 8.97. The minimum atomic E-state index is -0.509. The van der Waals surface area contributed by atoms with E-state index in [0.717, 1.165) is 10.0 Å². The summed E-state index contributed by atoms with van der Waals surface area (Å²) in [5, 5.41) is 0.0702. The SMILES string of the molecule is CC(N)c1ccc(Oc2ccc(Cl)c(F)c2)cc1Br. The fraction of sp³-hybridized carbons (Fsp3) is 0.143. The molecule has 0 amide bonds. The second-order valence-corrected chi connectivity index (χ2v) is 5.41. The lowest BCUT2D eigenvalue weighted by atomic mass is 10.1. The summed E-state index contributed by atoms with van der Waals surface area (Å²) >= 11 is 9.04. The fourth-order valence-electron chi connectivity index (χ4n) is 1.62. The monoisotopic (exact) mass is 343 g/mol. The van der Waals surface area contributed by atoms with Gasteiger partial charge in [-0.1, -0.05) is 33.6 Å². The average molecular weight is 345 g/mol. The molecule has 5 heteroatoms. The minimum Gasteiger partial charge on any atom is -0.457 e. The Bertz CT molecular complexity index is 604. The largest absolute Gasteiger partial charge is 0.457 e. The summed E-state index contributed by atoms with van der Waals surface area (Å²) in [7, 11) is 0. The highest BCUT2D eigenvalue weighted by molar-refractivity contribution is 9.10. The molecule has 0 aliphatic rings. The third-order valence-corrected chi connectivity index (χ3v) is 3.58. The first-order valence-electron chi connectivity index (χ1n) is 5.65. The number of rotatable bonds is 3. The van der Waals surface area contributed by atoms with Crippen molar-refractivity contribution in [3.63, 3.8) is 0 Å². The van der Waals surface area contributed by atoms with E-state index in [9.17, 15) is 4.39 Å². The summed E-state index contributed by atoms with van der Waals surface area (Å²) in [5.74, 6) is 0.478. The van der Waals surface area contributed by atoms with Crippen molar-refractivity contribution in [2.24, 2.45) is 5.73 Å². The molecule has 0 spiro atoms. The van der Waals surface area contributed by atoms with Gasteiger partial charge in [-0.15, -0.1) is 0 Å². The Morgan fingerprint density at radius 2 is 1.84 bits per heavy atom. The van der Waals surface area contributed by atoms with Gasteiger partial charge in [-0.2, -0.15) is 0 Å². The summed E-state index contributed by atoms with van der Waals surface area (Å²) in [4.78, 5) is 0. The Balaban J connectivity index is 2.24. The topological polar surface area (TPSA) is 35.2 Å². The highest BCUT2D eigenvalue weighted by atomic mass is 79.9. The minimum absolute atomic E-state index is 0.0702. The van der Waals surface area contributed by atoms with Crippen LogP contribution < -0.4 is 10.5 Å². The van der Waals surface area contributed by atoms with Crippen LogP contribution in [0.1, 0.15) is 18.5 Å². The van der Waals surface area contributed by atoms with Crippen molar-refractivity contribution in [1.29, 1.82) is 0 Å². The summed E-state index contributed by atoms with van der Waals surface area (Å²) in [5.41, 5.74) is 6.80. The maximum absolute atomic E-state index is 13.3. The Labute approximate surface area is 124 Å². The van der Waals surface area contributed by atoms with Gasteiger partial charge in [0, 0.05) is 16.6 Å². The number of nitrogens with two attached hydrogens (primary N) is 1. The van der Waals surface area contributed by atoms with Crippen LogP contribution in [0, 0.1) is 5.82 Å². The van der Waals surface area contributed by atoms with E-state index in [1.165, 1.54) is 12.1 Å². The number of benzene rings is 2. The molecule has 0 fully saturated rings. The van der Waals surface area contributed by atoms with E-state index in [0.29, 0.717) is 11.5 Å². The Kier molecular flexibility index (Phi) is 4.45. The lowest BCUT2D eigenvalue weighted by Gasteiger charge is -2.11. The van der Waals surface area contributed by atoms with E-state index in [2.05, 4.69) is 15.9 Å². The zero-order valence-corrected chi connectivity index (χ0v) is 12.5. The molecule has 2 N–H and O–H groups in total. The first kappa shape index (κ1) is 14.3. The third kappa shape index (κ3) is 3.47. The molecular formula is C14H12BrClFNO. The molecule has 0 aliphatic carbocycles. The van der Waals surface area contributed by atoms with Gasteiger partial charge in [0.1, 0.15) is 17.3 Å². The number of hydrogen-bond donors (Lipinski definition) is 1. The molecule has 0 saturated carbocycles. The van der Waals surface area contributed by atoms with Crippen molar-refractivity contribution in [1.82, 2.24) is 0 Å². The van der Waals surface area contributed by atoms with Gasteiger partial charge in [-0.05, 0) is 36.8 Å². The van der Waals surface area contributed by atoms with Gasteiger partial charge in [0.25, 0.3) is 0 Å². The van der Waals surface area contributed by atoms with E-state index in [4.69, 9.17) is 22.1 Å². The van der Waals surface area contributed by atoms with Crippen LogP contribution in [0.4, 0.5) is 4.39 Å². The van der Waals surface area contributed by atoms with Crippen LogP contribution in [-0.4, -0.2) is 0 Å². The third-order valence-electron chi connectivity index (χ3n) is 2.59. The van der Waals surface area contributed by atoms with E-state index >= 15 is 0 Å². The smallest absolute Gasteiger partial charge is 0.145 e. The second kappa shape index (κ2) is 5.90. The standard InChI is InChI=1S/C14H12BrClFNO/c1-8(18)11-4-2-9(6-12(11)15)19-10-3-5-13(16)14(17)7-10/h2-8H,18H2,1H3. The molecule has 19 heavy (non-hydrogen) atoms. The van der Waals surface area contributed by atoms with Crippen molar-refractivity contribution >= 4 is 27.5 Å². The first-order valence-corrected chi connectivity index (χ1v) is 6.82. The second-order valence-electron chi connectivity index (χ2n) is 4.15. The fourth-order valence-corrected chi connectivity index (χ4v) is 2.45. The zero-order valence-electron chi connectivity index (χ0n) is 10.2. The lowest BCUT2D eigenvalue weighted by Crippen LogP contribution is -2.05. The molecule has 2 nitrogen and oxygen atoms in total. The van der Waals surface area contributed by atoms with Gasteiger partial charge in [0.2, 0.25) is 0 Å². The zero-order chi connectivity index (χ0) is 14.0. The molecule has 0 heterocycles. The molecule has 0 saturated heterocycles. The molecule has 0 aromatic heterocycles. The molecule has 2 aromatic rings. The summed E-state index contributed by atoms with van der Waals surface area (Å²) < 4.78 is 19.7. The predicted octanol–water partition coefficient (Wildman–Crippen LogP) is 5.05. The maximum Gasteiger partial charge on any atom is 0.145 e. The van der Waals surface area contributed by atoms with Gasteiger partial charge in [0.15, 0.2) is 0 Å². The van der Waals surface area contributed by atoms with Crippen molar-refractivity contribution in [3.8, 4) is 11.5 Å². The van der Waals surface area contributed by atoms with Gasteiger partial charge in [0.05, 0.1) is 5.02 Å². The van der Waals surface area contributed by atoms with Crippen LogP contribution in [0.25, 0.3) is 0 Å². The molecule has 0 aliphatic heterocycles. The van der Waals surface area contributed by atoms with E-state index < -0.39 is 5.82 Å². The molecule has 1 atom stereocenters. The molecule has 1 unspecified atom stereocenters. The van der Waals surface area contributed by atoms with Gasteiger partial charge in [-0.3, -0.25) is 0 Å². The maximum atomic E-state index is 13.3. The van der Waals surface area contributed by atoms with Gasteiger partial charge < -0.3 is 10.5 Å². The van der Waals surface area contributed by atoms with Crippen LogP contribution in [0.5, 0.6) is 11.5 Å². The number of hydrogen-bond acceptors (Lipinski definition) is 2. The summed E-state index contributed by atoms with van der Waals surface area (Å²) in [6.07, 6.45) is 0. The lowest BCUT2D eigenvalue weighted by molar-refractivity contribution is 0.476. The molecular weight excluding hydrogens is 333 g/mol. The molecule has 100 valence electrons. The molecule has 0 bridgehead atoms.